The molecule has 0 saturated carbocycles. The Labute approximate surface area is 106 Å². The molecule has 1 rings (SSSR count). The Balaban J connectivity index is 2.64. The van der Waals surface area contributed by atoms with Gasteiger partial charge in [0.1, 0.15) is 0 Å². The highest BCUT2D eigenvalue weighted by molar-refractivity contribution is 6.00. The van der Waals surface area contributed by atoms with Crippen LogP contribution in [0.3, 0.4) is 0 Å². The topological polar surface area (TPSA) is 58.2 Å². The largest absolute Gasteiger partial charge is 0.355 e. The van der Waals surface area contributed by atoms with E-state index < -0.39 is 0 Å². The fourth-order valence-corrected chi connectivity index (χ4v) is 1.29. The standard InChI is InChI=1S/C14H16N2O2/c1-3-4-5-6-13(17)16-12-9-7-11(8-10-12)14(18)15-2/h3-10H,1-2H3,(H,15,18)(H,16,17)/b4-3+,6-5-. The molecule has 0 aliphatic carbocycles. The van der Waals surface area contributed by atoms with Crippen LogP contribution < -0.4 is 10.6 Å². The van der Waals surface area contributed by atoms with E-state index in [2.05, 4.69) is 10.6 Å². The molecule has 0 bridgehead atoms. The lowest BCUT2D eigenvalue weighted by molar-refractivity contribution is -0.111. The summed E-state index contributed by atoms with van der Waals surface area (Å²) in [5.41, 5.74) is 1.21. The fourth-order valence-electron chi connectivity index (χ4n) is 1.29. The maximum atomic E-state index is 11.5. The lowest BCUT2D eigenvalue weighted by Gasteiger charge is -2.03. The summed E-state index contributed by atoms with van der Waals surface area (Å²) in [6.45, 7) is 1.87. The Bertz CT molecular complexity index is 473. The number of anilines is 1. The molecule has 0 heterocycles. The summed E-state index contributed by atoms with van der Waals surface area (Å²) in [5.74, 6) is -0.360. The summed E-state index contributed by atoms with van der Waals surface area (Å²) < 4.78 is 0. The second-order valence-corrected chi connectivity index (χ2v) is 3.53. The van der Waals surface area contributed by atoms with E-state index in [4.69, 9.17) is 0 Å². The van der Waals surface area contributed by atoms with Gasteiger partial charge in [-0.15, -0.1) is 0 Å². The van der Waals surface area contributed by atoms with Crippen molar-refractivity contribution in [1.82, 2.24) is 5.32 Å². The van der Waals surface area contributed by atoms with Crippen molar-refractivity contribution in [3.63, 3.8) is 0 Å². The van der Waals surface area contributed by atoms with Crippen LogP contribution in [-0.4, -0.2) is 18.9 Å². The third-order valence-corrected chi connectivity index (χ3v) is 2.19. The Morgan fingerprint density at radius 2 is 1.78 bits per heavy atom. The minimum Gasteiger partial charge on any atom is -0.355 e. The van der Waals surface area contributed by atoms with Crippen LogP contribution in [0.1, 0.15) is 17.3 Å². The number of rotatable bonds is 4. The van der Waals surface area contributed by atoms with Crippen molar-refractivity contribution in [2.45, 2.75) is 6.92 Å². The van der Waals surface area contributed by atoms with Crippen LogP contribution in [0.25, 0.3) is 0 Å². The van der Waals surface area contributed by atoms with Crippen molar-refractivity contribution in [3.05, 3.63) is 54.1 Å². The van der Waals surface area contributed by atoms with Gasteiger partial charge in [-0.05, 0) is 31.2 Å². The van der Waals surface area contributed by atoms with E-state index in [9.17, 15) is 9.59 Å². The zero-order valence-electron chi connectivity index (χ0n) is 10.4. The monoisotopic (exact) mass is 244 g/mol. The van der Waals surface area contributed by atoms with Gasteiger partial charge < -0.3 is 10.6 Å². The molecule has 0 aliphatic heterocycles. The normalized spacial score (nSPS) is 10.8. The zero-order valence-corrected chi connectivity index (χ0v) is 10.4. The number of hydrogen-bond acceptors (Lipinski definition) is 2. The molecule has 2 amide bonds. The average Bonchev–Trinajstić information content (AvgIpc) is 2.39. The van der Waals surface area contributed by atoms with Crippen LogP contribution in [-0.2, 0) is 4.79 Å². The number of amides is 2. The molecular weight excluding hydrogens is 228 g/mol. The first-order valence-electron chi connectivity index (χ1n) is 5.60. The molecule has 1 aromatic rings. The highest BCUT2D eigenvalue weighted by atomic mass is 16.2. The average molecular weight is 244 g/mol. The molecule has 2 N–H and O–H groups in total. The van der Waals surface area contributed by atoms with Crippen LogP contribution in [0, 0.1) is 0 Å². The van der Waals surface area contributed by atoms with Crippen molar-refractivity contribution >= 4 is 17.5 Å². The quantitative estimate of drug-likeness (QED) is 0.629. The third-order valence-electron chi connectivity index (χ3n) is 2.19. The van der Waals surface area contributed by atoms with Crippen LogP contribution in [0.4, 0.5) is 5.69 Å². The van der Waals surface area contributed by atoms with Gasteiger partial charge in [0.15, 0.2) is 0 Å². The van der Waals surface area contributed by atoms with Crippen LogP contribution in [0.15, 0.2) is 48.6 Å². The molecule has 0 saturated heterocycles. The molecule has 4 nitrogen and oxygen atoms in total. The lowest BCUT2D eigenvalue weighted by atomic mass is 10.2. The third kappa shape index (κ3) is 4.25. The molecule has 0 fully saturated rings. The van der Waals surface area contributed by atoms with Crippen molar-refractivity contribution in [1.29, 1.82) is 0 Å². The van der Waals surface area contributed by atoms with Crippen molar-refractivity contribution in [2.24, 2.45) is 0 Å². The van der Waals surface area contributed by atoms with Crippen LogP contribution in [0.2, 0.25) is 0 Å². The summed E-state index contributed by atoms with van der Waals surface area (Å²) in [6, 6.07) is 6.69. The summed E-state index contributed by atoms with van der Waals surface area (Å²) >= 11 is 0. The smallest absolute Gasteiger partial charge is 0.251 e. The summed E-state index contributed by atoms with van der Waals surface area (Å²) in [7, 11) is 1.57. The molecule has 0 radical (unpaired) electrons. The Hall–Kier alpha value is -2.36. The van der Waals surface area contributed by atoms with Gasteiger partial charge in [0.25, 0.3) is 5.91 Å². The number of nitrogens with one attached hydrogen (secondary N) is 2. The van der Waals surface area contributed by atoms with Gasteiger partial charge >= 0.3 is 0 Å². The molecule has 0 aromatic heterocycles. The molecule has 4 heteroatoms. The molecule has 0 aliphatic rings. The van der Waals surface area contributed by atoms with E-state index in [1.807, 2.05) is 13.0 Å². The van der Waals surface area contributed by atoms with Crippen molar-refractivity contribution in [3.8, 4) is 0 Å². The van der Waals surface area contributed by atoms with Gasteiger partial charge in [0, 0.05) is 24.4 Å². The maximum absolute atomic E-state index is 11.5. The molecule has 0 unspecified atom stereocenters. The molecule has 1 aromatic carbocycles. The van der Waals surface area contributed by atoms with Crippen LogP contribution in [0.5, 0.6) is 0 Å². The zero-order chi connectivity index (χ0) is 13.4. The first kappa shape index (κ1) is 13.7. The predicted molar refractivity (Wildman–Crippen MR) is 72.4 cm³/mol. The number of allylic oxidation sites excluding steroid dienone is 3. The molecule has 0 spiro atoms. The SMILES string of the molecule is C/C=C/C=C\C(=O)Nc1ccc(C(=O)NC)cc1. The molecule has 18 heavy (non-hydrogen) atoms. The summed E-state index contributed by atoms with van der Waals surface area (Å²) in [4.78, 5) is 22.8. The maximum Gasteiger partial charge on any atom is 0.251 e. The van der Waals surface area contributed by atoms with Gasteiger partial charge in [-0.3, -0.25) is 9.59 Å². The van der Waals surface area contributed by atoms with Gasteiger partial charge in [0.2, 0.25) is 5.91 Å². The molecular formula is C14H16N2O2. The minimum atomic E-state index is -0.208. The number of hydrogen-bond donors (Lipinski definition) is 2. The number of carbonyl (C=O) groups is 2. The van der Waals surface area contributed by atoms with E-state index in [0.29, 0.717) is 11.3 Å². The van der Waals surface area contributed by atoms with Gasteiger partial charge in [-0.25, -0.2) is 0 Å². The van der Waals surface area contributed by atoms with E-state index in [1.165, 1.54) is 6.08 Å². The van der Waals surface area contributed by atoms with Crippen LogP contribution >= 0.6 is 0 Å². The van der Waals surface area contributed by atoms with Crippen molar-refractivity contribution in [2.75, 3.05) is 12.4 Å². The number of benzene rings is 1. The van der Waals surface area contributed by atoms with E-state index in [0.717, 1.165) is 0 Å². The second kappa shape index (κ2) is 7.06. The second-order valence-electron chi connectivity index (χ2n) is 3.53. The highest BCUT2D eigenvalue weighted by Gasteiger charge is 2.02. The minimum absolute atomic E-state index is 0.152. The first-order valence-corrected chi connectivity index (χ1v) is 5.60. The highest BCUT2D eigenvalue weighted by Crippen LogP contribution is 2.09. The summed E-state index contributed by atoms with van der Waals surface area (Å²) in [5, 5.41) is 5.22. The van der Waals surface area contributed by atoms with E-state index >= 15 is 0 Å². The fraction of sp³-hybridized carbons (Fsp3) is 0.143. The Morgan fingerprint density at radius 1 is 1.11 bits per heavy atom. The van der Waals surface area contributed by atoms with E-state index in [1.54, 1.807) is 43.5 Å². The molecule has 94 valence electrons. The predicted octanol–water partition coefficient (Wildman–Crippen LogP) is 2.12. The number of carbonyl (C=O) groups excluding carboxylic acids is 2. The van der Waals surface area contributed by atoms with Gasteiger partial charge in [0.05, 0.1) is 0 Å². The lowest BCUT2D eigenvalue weighted by Crippen LogP contribution is -2.17. The van der Waals surface area contributed by atoms with Gasteiger partial charge in [-0.1, -0.05) is 18.2 Å². The van der Waals surface area contributed by atoms with Crippen molar-refractivity contribution < 1.29 is 9.59 Å². The summed E-state index contributed by atoms with van der Waals surface area (Å²) in [6.07, 6.45) is 6.71. The Kier molecular flexibility index (Phi) is 5.38. The Morgan fingerprint density at radius 3 is 2.33 bits per heavy atom. The van der Waals surface area contributed by atoms with E-state index in [-0.39, 0.29) is 11.8 Å². The van der Waals surface area contributed by atoms with Gasteiger partial charge in [-0.2, -0.15) is 0 Å². The molecule has 0 atom stereocenters. The first-order chi connectivity index (χ1) is 8.67.